The van der Waals surface area contributed by atoms with Gasteiger partial charge in [-0.15, -0.1) is 11.3 Å². The summed E-state index contributed by atoms with van der Waals surface area (Å²) in [4.78, 5) is 26.6. The van der Waals surface area contributed by atoms with Crippen LogP contribution in [0.4, 0.5) is 5.00 Å². The molecular weight excluding hydrogens is 424 g/mol. The fourth-order valence-corrected chi connectivity index (χ4v) is 5.69. The molecule has 1 aromatic heterocycles. The Morgan fingerprint density at radius 3 is 2.47 bits per heavy atom. The minimum atomic E-state index is -0.437. The predicted octanol–water partition coefficient (Wildman–Crippen LogP) is 4.95. The highest BCUT2D eigenvalue weighted by molar-refractivity contribution is 7.16. The van der Waals surface area contributed by atoms with Gasteiger partial charge in [0.2, 0.25) is 0 Å². The molecule has 32 heavy (non-hydrogen) atoms. The van der Waals surface area contributed by atoms with Crippen LogP contribution in [0.25, 0.3) is 0 Å². The molecule has 0 spiro atoms. The van der Waals surface area contributed by atoms with Gasteiger partial charge < -0.3 is 20.1 Å². The van der Waals surface area contributed by atoms with Crippen molar-refractivity contribution in [1.29, 1.82) is 0 Å². The van der Waals surface area contributed by atoms with Crippen molar-refractivity contribution in [1.82, 2.24) is 5.32 Å². The van der Waals surface area contributed by atoms with Crippen LogP contribution in [0, 0.1) is 5.92 Å². The highest BCUT2D eigenvalue weighted by Crippen LogP contribution is 2.42. The predicted molar refractivity (Wildman–Crippen MR) is 124 cm³/mol. The monoisotopic (exact) mass is 448 g/mol. The zero-order chi connectivity index (χ0) is 22.2. The molecule has 0 fully saturated rings. The molecule has 2 aromatic carbocycles. The van der Waals surface area contributed by atoms with Crippen LogP contribution in [0.1, 0.15) is 56.2 Å². The molecule has 1 aliphatic heterocycles. The maximum atomic E-state index is 12.9. The number of anilines is 1. The number of fused-ring (bicyclic) bond motifs is 3. The van der Waals surface area contributed by atoms with E-state index in [1.807, 2.05) is 12.1 Å². The van der Waals surface area contributed by atoms with Gasteiger partial charge in [0.25, 0.3) is 5.91 Å². The van der Waals surface area contributed by atoms with Crippen LogP contribution < -0.4 is 20.1 Å². The standard InChI is InChI=1S/C25H24N2O4S/c1-14-3-12-19-20(13-14)32-24-21(19)23(28)26-22(27-24)15-4-10-18(11-5-15)31-25(29)16-6-8-17(30-2)9-7-16/h4-11,14,22,27H,3,12-13H2,1-2H3,(H,26,28)/t14-,22+/m1/s1. The van der Waals surface area contributed by atoms with E-state index in [-0.39, 0.29) is 12.1 Å². The molecule has 2 aliphatic rings. The first-order valence-electron chi connectivity index (χ1n) is 10.7. The van der Waals surface area contributed by atoms with Crippen molar-refractivity contribution in [3.63, 3.8) is 0 Å². The molecule has 7 heteroatoms. The van der Waals surface area contributed by atoms with E-state index in [9.17, 15) is 9.59 Å². The van der Waals surface area contributed by atoms with E-state index in [1.165, 1.54) is 10.4 Å². The minimum absolute atomic E-state index is 0.0224. The Kier molecular flexibility index (Phi) is 5.35. The summed E-state index contributed by atoms with van der Waals surface area (Å²) in [5.41, 5.74) is 3.37. The van der Waals surface area contributed by atoms with Crippen molar-refractivity contribution < 1.29 is 19.1 Å². The number of hydrogen-bond donors (Lipinski definition) is 2. The van der Waals surface area contributed by atoms with Crippen LogP contribution in [0.2, 0.25) is 0 Å². The number of ether oxygens (including phenoxy) is 2. The zero-order valence-corrected chi connectivity index (χ0v) is 18.8. The Labute approximate surface area is 190 Å². The number of methoxy groups -OCH3 is 1. The molecule has 6 nitrogen and oxygen atoms in total. The molecule has 2 atom stereocenters. The van der Waals surface area contributed by atoms with Crippen molar-refractivity contribution in [2.45, 2.75) is 32.4 Å². The molecule has 0 radical (unpaired) electrons. The van der Waals surface area contributed by atoms with E-state index < -0.39 is 5.97 Å². The first kappa shape index (κ1) is 20.6. The molecule has 0 bridgehead atoms. The summed E-state index contributed by atoms with van der Waals surface area (Å²) in [5.74, 6) is 1.32. The summed E-state index contributed by atoms with van der Waals surface area (Å²) in [6, 6.07) is 13.9. The van der Waals surface area contributed by atoms with Crippen molar-refractivity contribution in [2.75, 3.05) is 12.4 Å². The molecule has 3 aromatic rings. The number of carbonyl (C=O) groups is 2. The molecule has 2 N–H and O–H groups in total. The summed E-state index contributed by atoms with van der Waals surface area (Å²) < 4.78 is 10.6. The lowest BCUT2D eigenvalue weighted by Gasteiger charge is -2.27. The van der Waals surface area contributed by atoms with Gasteiger partial charge in [0, 0.05) is 4.88 Å². The van der Waals surface area contributed by atoms with Crippen LogP contribution in [-0.2, 0) is 12.8 Å². The minimum Gasteiger partial charge on any atom is -0.497 e. The van der Waals surface area contributed by atoms with E-state index in [0.717, 1.165) is 35.4 Å². The summed E-state index contributed by atoms with van der Waals surface area (Å²) in [6.07, 6.45) is 2.82. The first-order chi connectivity index (χ1) is 15.5. The molecule has 1 amide bonds. The molecule has 1 aliphatic carbocycles. The maximum absolute atomic E-state index is 12.9. The van der Waals surface area contributed by atoms with E-state index in [1.54, 1.807) is 54.8 Å². The number of thiophene rings is 1. The van der Waals surface area contributed by atoms with Crippen LogP contribution in [0.15, 0.2) is 48.5 Å². The molecule has 0 saturated heterocycles. The number of rotatable bonds is 4. The molecule has 5 rings (SSSR count). The topological polar surface area (TPSA) is 76.7 Å². The number of benzene rings is 2. The summed E-state index contributed by atoms with van der Waals surface area (Å²) >= 11 is 1.71. The first-order valence-corrected chi connectivity index (χ1v) is 11.5. The van der Waals surface area contributed by atoms with E-state index in [0.29, 0.717) is 23.0 Å². The van der Waals surface area contributed by atoms with Crippen molar-refractivity contribution in [3.05, 3.63) is 75.7 Å². The van der Waals surface area contributed by atoms with Gasteiger partial charge in [-0.2, -0.15) is 0 Å². The van der Waals surface area contributed by atoms with Gasteiger partial charge in [-0.25, -0.2) is 4.79 Å². The van der Waals surface area contributed by atoms with Gasteiger partial charge in [-0.05, 0) is 72.7 Å². The quantitative estimate of drug-likeness (QED) is 0.436. The summed E-state index contributed by atoms with van der Waals surface area (Å²) in [7, 11) is 1.58. The number of hydrogen-bond acceptors (Lipinski definition) is 6. The molecule has 0 saturated carbocycles. The number of nitrogens with one attached hydrogen (secondary N) is 2. The SMILES string of the molecule is COc1ccc(C(=O)Oc2ccc([C@H]3NC(=O)c4c(sc5c4CC[C@@H](C)C5)N3)cc2)cc1. The van der Waals surface area contributed by atoms with E-state index >= 15 is 0 Å². The number of carbonyl (C=O) groups excluding carboxylic acids is 2. The van der Waals surface area contributed by atoms with Crippen LogP contribution >= 0.6 is 11.3 Å². The van der Waals surface area contributed by atoms with Crippen molar-refractivity contribution in [2.24, 2.45) is 5.92 Å². The third-order valence-electron chi connectivity index (χ3n) is 6.04. The third-order valence-corrected chi connectivity index (χ3v) is 7.22. The Morgan fingerprint density at radius 2 is 1.75 bits per heavy atom. The van der Waals surface area contributed by atoms with Crippen LogP contribution in [0.3, 0.4) is 0 Å². The van der Waals surface area contributed by atoms with Crippen molar-refractivity contribution in [3.8, 4) is 11.5 Å². The fourth-order valence-electron chi connectivity index (χ4n) is 4.25. The lowest BCUT2D eigenvalue weighted by atomic mass is 9.88. The van der Waals surface area contributed by atoms with Crippen LogP contribution in [0.5, 0.6) is 11.5 Å². The van der Waals surface area contributed by atoms with Crippen LogP contribution in [-0.4, -0.2) is 19.0 Å². The van der Waals surface area contributed by atoms with Gasteiger partial charge >= 0.3 is 5.97 Å². The Hall–Kier alpha value is -3.32. The van der Waals surface area contributed by atoms with Gasteiger partial charge in [-0.3, -0.25) is 4.79 Å². The lowest BCUT2D eigenvalue weighted by Crippen LogP contribution is -2.38. The normalized spacial score (nSPS) is 19.2. The van der Waals surface area contributed by atoms with Gasteiger partial charge in [-0.1, -0.05) is 19.1 Å². The number of esters is 1. The summed E-state index contributed by atoms with van der Waals surface area (Å²) in [5, 5.41) is 7.50. The Bertz CT molecular complexity index is 1170. The third kappa shape index (κ3) is 3.84. The second-order valence-electron chi connectivity index (χ2n) is 8.29. The molecule has 0 unspecified atom stereocenters. The largest absolute Gasteiger partial charge is 0.497 e. The van der Waals surface area contributed by atoms with Gasteiger partial charge in [0.15, 0.2) is 0 Å². The van der Waals surface area contributed by atoms with E-state index in [2.05, 4.69) is 17.6 Å². The molecule has 2 heterocycles. The zero-order valence-electron chi connectivity index (χ0n) is 17.9. The molecule has 164 valence electrons. The second kappa shape index (κ2) is 8.31. The fraction of sp³-hybridized carbons (Fsp3) is 0.280. The molecular formula is C25H24N2O4S. The number of amides is 1. The van der Waals surface area contributed by atoms with Gasteiger partial charge in [0.1, 0.15) is 22.7 Å². The Balaban J connectivity index is 1.29. The van der Waals surface area contributed by atoms with Gasteiger partial charge in [0.05, 0.1) is 18.2 Å². The summed E-state index contributed by atoms with van der Waals surface area (Å²) in [6.45, 7) is 2.26. The Morgan fingerprint density at radius 1 is 1.03 bits per heavy atom. The lowest BCUT2D eigenvalue weighted by molar-refractivity contribution is 0.0734. The van der Waals surface area contributed by atoms with Crippen molar-refractivity contribution >= 4 is 28.2 Å². The smallest absolute Gasteiger partial charge is 0.343 e. The van der Waals surface area contributed by atoms with E-state index in [4.69, 9.17) is 9.47 Å². The highest BCUT2D eigenvalue weighted by atomic mass is 32.1. The average molecular weight is 449 g/mol. The maximum Gasteiger partial charge on any atom is 0.343 e. The highest BCUT2D eigenvalue weighted by Gasteiger charge is 2.33. The second-order valence-corrected chi connectivity index (χ2v) is 9.40. The average Bonchev–Trinajstić information content (AvgIpc) is 3.17.